The summed E-state index contributed by atoms with van der Waals surface area (Å²) in [4.78, 5) is 0. The molecule has 68 valence electrons. The standard InChI is InChI=1S/C12H14O/c1-9-7-8-12(13-9)10(2)11-5-3-4-6-11/h3-8,10-11H,1-2H3. The summed E-state index contributed by atoms with van der Waals surface area (Å²) in [6, 6.07) is 4.09. The molecule has 1 atom stereocenters. The average Bonchev–Trinajstić information content (AvgIpc) is 2.72. The zero-order valence-electron chi connectivity index (χ0n) is 8.03. The minimum absolute atomic E-state index is 0.448. The predicted octanol–water partition coefficient (Wildman–Crippen LogP) is 3.43. The monoisotopic (exact) mass is 174 g/mol. The van der Waals surface area contributed by atoms with Gasteiger partial charge in [-0.25, -0.2) is 0 Å². The van der Waals surface area contributed by atoms with Gasteiger partial charge in [0.25, 0.3) is 0 Å². The van der Waals surface area contributed by atoms with Crippen molar-refractivity contribution in [2.24, 2.45) is 5.92 Å². The van der Waals surface area contributed by atoms with Gasteiger partial charge in [0.05, 0.1) is 0 Å². The Labute approximate surface area is 78.8 Å². The molecule has 0 aliphatic heterocycles. The maximum absolute atomic E-state index is 5.59. The van der Waals surface area contributed by atoms with Crippen molar-refractivity contribution in [2.75, 3.05) is 0 Å². The Morgan fingerprint density at radius 2 is 1.92 bits per heavy atom. The Bertz CT molecular complexity index is 332. The Kier molecular flexibility index (Phi) is 2.09. The van der Waals surface area contributed by atoms with Crippen LogP contribution >= 0.6 is 0 Å². The average molecular weight is 174 g/mol. The smallest absolute Gasteiger partial charge is 0.107 e. The van der Waals surface area contributed by atoms with Gasteiger partial charge in [0.15, 0.2) is 0 Å². The second kappa shape index (κ2) is 3.25. The molecule has 1 aliphatic rings. The zero-order chi connectivity index (χ0) is 9.26. The van der Waals surface area contributed by atoms with Gasteiger partial charge in [-0.3, -0.25) is 0 Å². The number of hydrogen-bond acceptors (Lipinski definition) is 1. The van der Waals surface area contributed by atoms with E-state index < -0.39 is 0 Å². The summed E-state index contributed by atoms with van der Waals surface area (Å²) in [6.45, 7) is 4.18. The second-order valence-corrected chi connectivity index (χ2v) is 3.58. The molecule has 1 aromatic rings. The highest BCUT2D eigenvalue weighted by Crippen LogP contribution is 2.29. The summed E-state index contributed by atoms with van der Waals surface area (Å²) in [7, 11) is 0. The van der Waals surface area contributed by atoms with E-state index in [2.05, 4.69) is 37.3 Å². The topological polar surface area (TPSA) is 13.1 Å². The number of furan rings is 1. The molecule has 0 spiro atoms. The number of allylic oxidation sites excluding steroid dienone is 4. The van der Waals surface area contributed by atoms with Gasteiger partial charge in [-0.1, -0.05) is 31.2 Å². The molecule has 0 bridgehead atoms. The fourth-order valence-electron chi connectivity index (χ4n) is 1.67. The van der Waals surface area contributed by atoms with Crippen LogP contribution in [0.2, 0.25) is 0 Å². The third-order valence-electron chi connectivity index (χ3n) is 2.57. The highest BCUT2D eigenvalue weighted by molar-refractivity contribution is 5.23. The van der Waals surface area contributed by atoms with Crippen LogP contribution in [-0.2, 0) is 0 Å². The molecule has 1 aliphatic carbocycles. The van der Waals surface area contributed by atoms with Gasteiger partial charge in [0.2, 0.25) is 0 Å². The van der Waals surface area contributed by atoms with Gasteiger partial charge >= 0.3 is 0 Å². The summed E-state index contributed by atoms with van der Waals surface area (Å²) in [5.41, 5.74) is 0. The molecule has 0 radical (unpaired) electrons. The fourth-order valence-corrected chi connectivity index (χ4v) is 1.67. The maximum Gasteiger partial charge on any atom is 0.107 e. The molecule has 0 aromatic carbocycles. The van der Waals surface area contributed by atoms with E-state index in [1.54, 1.807) is 0 Å². The summed E-state index contributed by atoms with van der Waals surface area (Å²) < 4.78 is 5.59. The Balaban J connectivity index is 2.17. The summed E-state index contributed by atoms with van der Waals surface area (Å²) >= 11 is 0. The van der Waals surface area contributed by atoms with E-state index in [1.165, 1.54) is 0 Å². The van der Waals surface area contributed by atoms with Gasteiger partial charge in [0, 0.05) is 11.8 Å². The van der Waals surface area contributed by atoms with E-state index in [4.69, 9.17) is 4.42 Å². The van der Waals surface area contributed by atoms with Crippen LogP contribution in [0, 0.1) is 12.8 Å². The molecule has 0 fully saturated rings. The molecule has 1 aromatic heterocycles. The predicted molar refractivity (Wildman–Crippen MR) is 53.6 cm³/mol. The quantitative estimate of drug-likeness (QED) is 0.669. The molecule has 13 heavy (non-hydrogen) atoms. The van der Waals surface area contributed by atoms with Crippen LogP contribution in [0.5, 0.6) is 0 Å². The highest BCUT2D eigenvalue weighted by Gasteiger charge is 2.18. The lowest BCUT2D eigenvalue weighted by atomic mass is 9.93. The van der Waals surface area contributed by atoms with Crippen molar-refractivity contribution in [1.29, 1.82) is 0 Å². The number of aryl methyl sites for hydroxylation is 1. The van der Waals surface area contributed by atoms with E-state index in [0.29, 0.717) is 11.8 Å². The third kappa shape index (κ3) is 1.59. The lowest BCUT2D eigenvalue weighted by Crippen LogP contribution is -2.01. The van der Waals surface area contributed by atoms with Crippen LogP contribution in [0.4, 0.5) is 0 Å². The third-order valence-corrected chi connectivity index (χ3v) is 2.57. The molecule has 1 heterocycles. The minimum Gasteiger partial charge on any atom is -0.466 e. The molecular formula is C12H14O. The van der Waals surface area contributed by atoms with Crippen molar-refractivity contribution < 1.29 is 4.42 Å². The van der Waals surface area contributed by atoms with Crippen LogP contribution in [0.25, 0.3) is 0 Å². The Morgan fingerprint density at radius 1 is 1.23 bits per heavy atom. The van der Waals surface area contributed by atoms with Crippen molar-refractivity contribution in [1.82, 2.24) is 0 Å². The van der Waals surface area contributed by atoms with Crippen LogP contribution in [0.1, 0.15) is 24.4 Å². The van der Waals surface area contributed by atoms with Crippen LogP contribution in [0.15, 0.2) is 40.9 Å². The van der Waals surface area contributed by atoms with Crippen LogP contribution < -0.4 is 0 Å². The minimum atomic E-state index is 0.448. The van der Waals surface area contributed by atoms with E-state index in [0.717, 1.165) is 11.5 Å². The van der Waals surface area contributed by atoms with Crippen molar-refractivity contribution in [2.45, 2.75) is 19.8 Å². The first kappa shape index (κ1) is 8.36. The molecule has 2 rings (SSSR count). The molecule has 0 saturated heterocycles. The molecule has 0 N–H and O–H groups in total. The first-order valence-corrected chi connectivity index (χ1v) is 4.68. The zero-order valence-corrected chi connectivity index (χ0v) is 8.03. The normalized spacial score (nSPS) is 18.3. The fraction of sp³-hybridized carbons (Fsp3) is 0.333. The lowest BCUT2D eigenvalue weighted by molar-refractivity contribution is 0.433. The summed E-state index contributed by atoms with van der Waals surface area (Å²) in [6.07, 6.45) is 8.61. The van der Waals surface area contributed by atoms with Crippen molar-refractivity contribution in [3.8, 4) is 0 Å². The van der Waals surface area contributed by atoms with Gasteiger partial charge in [-0.2, -0.15) is 0 Å². The van der Waals surface area contributed by atoms with Gasteiger partial charge in [-0.05, 0) is 19.1 Å². The van der Waals surface area contributed by atoms with Crippen molar-refractivity contribution in [3.63, 3.8) is 0 Å². The van der Waals surface area contributed by atoms with E-state index >= 15 is 0 Å². The second-order valence-electron chi connectivity index (χ2n) is 3.58. The van der Waals surface area contributed by atoms with Gasteiger partial charge in [-0.15, -0.1) is 0 Å². The Hall–Kier alpha value is -1.24. The molecular weight excluding hydrogens is 160 g/mol. The van der Waals surface area contributed by atoms with Crippen LogP contribution in [-0.4, -0.2) is 0 Å². The summed E-state index contributed by atoms with van der Waals surface area (Å²) in [5, 5.41) is 0. The van der Waals surface area contributed by atoms with Crippen molar-refractivity contribution in [3.05, 3.63) is 48.0 Å². The molecule has 1 unspecified atom stereocenters. The van der Waals surface area contributed by atoms with E-state index in [9.17, 15) is 0 Å². The Morgan fingerprint density at radius 3 is 2.46 bits per heavy atom. The molecule has 1 nitrogen and oxygen atoms in total. The molecule has 1 heteroatoms. The highest BCUT2D eigenvalue weighted by atomic mass is 16.3. The van der Waals surface area contributed by atoms with Gasteiger partial charge < -0.3 is 4.42 Å². The first-order valence-electron chi connectivity index (χ1n) is 4.68. The lowest BCUT2D eigenvalue weighted by Gasteiger charge is -2.12. The van der Waals surface area contributed by atoms with Gasteiger partial charge in [0.1, 0.15) is 11.5 Å². The van der Waals surface area contributed by atoms with Crippen molar-refractivity contribution >= 4 is 0 Å². The maximum atomic E-state index is 5.59. The van der Waals surface area contributed by atoms with E-state index in [1.807, 2.05) is 13.0 Å². The molecule has 0 amide bonds. The van der Waals surface area contributed by atoms with Crippen LogP contribution in [0.3, 0.4) is 0 Å². The number of hydrogen-bond donors (Lipinski definition) is 0. The first-order chi connectivity index (χ1) is 6.27. The summed E-state index contributed by atoms with van der Waals surface area (Å²) in [5.74, 6) is 3.03. The molecule has 0 saturated carbocycles. The number of rotatable bonds is 2. The largest absolute Gasteiger partial charge is 0.466 e. The SMILES string of the molecule is Cc1ccc(C(C)C2C=CC=C2)o1. The van der Waals surface area contributed by atoms with E-state index in [-0.39, 0.29) is 0 Å².